The smallest absolute Gasteiger partial charge is 0.417 e. The predicted molar refractivity (Wildman–Crippen MR) is 98.0 cm³/mol. The molecule has 7 heteroatoms. The number of alkyl halides is 3. The maximum atomic E-state index is 13.1. The van der Waals surface area contributed by atoms with Gasteiger partial charge in [0, 0.05) is 6.42 Å². The van der Waals surface area contributed by atoms with Crippen LogP contribution in [0.5, 0.6) is 0 Å². The summed E-state index contributed by atoms with van der Waals surface area (Å²) >= 11 is 0. The van der Waals surface area contributed by atoms with Crippen molar-refractivity contribution in [2.45, 2.75) is 18.6 Å². The molecule has 0 bridgehead atoms. The van der Waals surface area contributed by atoms with Gasteiger partial charge in [-0.25, -0.2) is 4.79 Å². The number of carboxylic acids is 1. The summed E-state index contributed by atoms with van der Waals surface area (Å²) < 4.78 is 39.3. The van der Waals surface area contributed by atoms with Gasteiger partial charge in [0.1, 0.15) is 6.04 Å². The van der Waals surface area contributed by atoms with E-state index in [9.17, 15) is 27.9 Å². The van der Waals surface area contributed by atoms with E-state index in [2.05, 4.69) is 5.32 Å². The lowest BCUT2D eigenvalue weighted by Crippen LogP contribution is -2.42. The number of amides is 1. The largest absolute Gasteiger partial charge is 0.480 e. The van der Waals surface area contributed by atoms with Gasteiger partial charge in [0.2, 0.25) is 0 Å². The minimum Gasteiger partial charge on any atom is -0.480 e. The highest BCUT2D eigenvalue weighted by Crippen LogP contribution is 2.31. The number of carboxylic acid groups (broad SMARTS) is 1. The van der Waals surface area contributed by atoms with Crippen molar-refractivity contribution < 1.29 is 27.9 Å². The summed E-state index contributed by atoms with van der Waals surface area (Å²) in [6, 6.07) is 15.7. The number of benzene rings is 3. The van der Waals surface area contributed by atoms with Gasteiger partial charge in [0.05, 0.1) is 11.1 Å². The highest BCUT2D eigenvalue weighted by atomic mass is 19.4. The maximum Gasteiger partial charge on any atom is 0.417 e. The third kappa shape index (κ3) is 4.31. The van der Waals surface area contributed by atoms with Gasteiger partial charge in [0.25, 0.3) is 5.91 Å². The number of halogens is 3. The summed E-state index contributed by atoms with van der Waals surface area (Å²) in [5.74, 6) is -2.41. The van der Waals surface area contributed by atoms with Gasteiger partial charge in [-0.15, -0.1) is 0 Å². The number of rotatable bonds is 5. The van der Waals surface area contributed by atoms with Crippen LogP contribution in [0.15, 0.2) is 66.7 Å². The van der Waals surface area contributed by atoms with Crippen molar-refractivity contribution in [2.24, 2.45) is 0 Å². The summed E-state index contributed by atoms with van der Waals surface area (Å²) in [4.78, 5) is 23.9. The van der Waals surface area contributed by atoms with Crippen molar-refractivity contribution in [3.8, 4) is 0 Å². The lowest BCUT2D eigenvalue weighted by atomic mass is 10.0. The molecule has 0 radical (unpaired) electrons. The third-order valence-electron chi connectivity index (χ3n) is 4.33. The van der Waals surface area contributed by atoms with Crippen molar-refractivity contribution >= 4 is 22.6 Å². The molecule has 0 saturated carbocycles. The van der Waals surface area contributed by atoms with Crippen LogP contribution in [0, 0.1) is 0 Å². The van der Waals surface area contributed by atoms with Crippen molar-refractivity contribution in [1.82, 2.24) is 5.32 Å². The Hall–Kier alpha value is -3.35. The van der Waals surface area contributed by atoms with Crippen LogP contribution in [0.1, 0.15) is 21.5 Å². The van der Waals surface area contributed by atoms with Crippen LogP contribution >= 0.6 is 0 Å². The summed E-state index contributed by atoms with van der Waals surface area (Å²) in [5, 5.41) is 13.5. The van der Waals surface area contributed by atoms with E-state index < -0.39 is 35.2 Å². The van der Waals surface area contributed by atoms with E-state index in [1.165, 1.54) is 12.1 Å². The summed E-state index contributed by atoms with van der Waals surface area (Å²) in [7, 11) is 0. The van der Waals surface area contributed by atoms with Crippen LogP contribution in [0.4, 0.5) is 13.2 Å². The minimum absolute atomic E-state index is 0.0555. The zero-order valence-electron chi connectivity index (χ0n) is 14.5. The summed E-state index contributed by atoms with van der Waals surface area (Å²) in [6.07, 6.45) is -4.77. The Kier molecular flexibility index (Phi) is 5.35. The van der Waals surface area contributed by atoms with E-state index in [0.29, 0.717) is 5.56 Å². The SMILES string of the molecule is O=C(N[C@@H](Cc1ccc2ccccc2c1)C(=O)O)c1ccccc1C(F)(F)F. The van der Waals surface area contributed by atoms with Crippen LogP contribution in [0.2, 0.25) is 0 Å². The van der Waals surface area contributed by atoms with E-state index in [4.69, 9.17) is 0 Å². The molecule has 0 aliphatic rings. The fourth-order valence-electron chi connectivity index (χ4n) is 2.97. The number of hydrogen-bond donors (Lipinski definition) is 2. The molecule has 28 heavy (non-hydrogen) atoms. The molecule has 0 fully saturated rings. The average Bonchev–Trinajstić information content (AvgIpc) is 2.66. The molecular weight excluding hydrogens is 371 g/mol. The highest BCUT2D eigenvalue weighted by molar-refractivity contribution is 5.98. The molecular formula is C21H16F3NO3. The molecule has 2 N–H and O–H groups in total. The van der Waals surface area contributed by atoms with Crippen molar-refractivity contribution in [3.05, 3.63) is 83.4 Å². The van der Waals surface area contributed by atoms with E-state index in [1.54, 1.807) is 12.1 Å². The fourth-order valence-corrected chi connectivity index (χ4v) is 2.97. The Morgan fingerprint density at radius 3 is 2.25 bits per heavy atom. The monoisotopic (exact) mass is 387 g/mol. The molecule has 3 rings (SSSR count). The molecule has 4 nitrogen and oxygen atoms in total. The standard InChI is InChI=1S/C21H16F3NO3/c22-21(23,24)17-8-4-3-7-16(17)19(26)25-18(20(27)28)12-13-9-10-14-5-1-2-6-15(14)11-13/h1-11,18H,12H2,(H,25,26)(H,27,28)/t18-/m0/s1. The molecule has 0 aromatic heterocycles. The molecule has 144 valence electrons. The highest BCUT2D eigenvalue weighted by Gasteiger charge is 2.35. The third-order valence-corrected chi connectivity index (χ3v) is 4.33. The lowest BCUT2D eigenvalue weighted by Gasteiger charge is -2.17. The summed E-state index contributed by atoms with van der Waals surface area (Å²) in [5.41, 5.74) is -1.07. The van der Waals surface area contributed by atoms with Gasteiger partial charge in [-0.2, -0.15) is 13.2 Å². The molecule has 0 unspecified atom stereocenters. The molecule has 1 amide bonds. The molecule has 0 aliphatic heterocycles. The van der Waals surface area contributed by atoms with Gasteiger partial charge in [-0.1, -0.05) is 54.6 Å². The first-order chi connectivity index (χ1) is 13.3. The Bertz CT molecular complexity index is 1030. The van der Waals surface area contributed by atoms with Crippen LogP contribution in [-0.4, -0.2) is 23.0 Å². The van der Waals surface area contributed by atoms with Gasteiger partial charge in [-0.05, 0) is 28.5 Å². The predicted octanol–water partition coefficient (Wildman–Crippen LogP) is 4.28. The van der Waals surface area contributed by atoms with Crippen molar-refractivity contribution in [3.63, 3.8) is 0 Å². The number of carbonyl (C=O) groups is 2. The Morgan fingerprint density at radius 1 is 0.929 bits per heavy atom. The average molecular weight is 387 g/mol. The second kappa shape index (κ2) is 7.72. The number of hydrogen-bond acceptors (Lipinski definition) is 2. The molecule has 0 aliphatic carbocycles. The molecule has 3 aromatic rings. The van der Waals surface area contributed by atoms with Crippen molar-refractivity contribution in [1.29, 1.82) is 0 Å². The molecule has 0 spiro atoms. The lowest BCUT2D eigenvalue weighted by molar-refractivity contribution is -0.139. The van der Waals surface area contributed by atoms with Crippen LogP contribution in [0.3, 0.4) is 0 Å². The van der Waals surface area contributed by atoms with Crippen LogP contribution < -0.4 is 5.32 Å². The molecule has 0 saturated heterocycles. The van der Waals surface area contributed by atoms with Gasteiger partial charge in [-0.3, -0.25) is 4.79 Å². The van der Waals surface area contributed by atoms with E-state index >= 15 is 0 Å². The normalized spacial score (nSPS) is 12.5. The zero-order chi connectivity index (χ0) is 20.3. The van der Waals surface area contributed by atoms with E-state index in [-0.39, 0.29) is 6.42 Å². The van der Waals surface area contributed by atoms with Crippen LogP contribution in [0.25, 0.3) is 10.8 Å². The molecule has 0 heterocycles. The molecule has 3 aromatic carbocycles. The Labute approximate surface area is 158 Å². The van der Waals surface area contributed by atoms with E-state index in [1.807, 2.05) is 30.3 Å². The Balaban J connectivity index is 1.83. The van der Waals surface area contributed by atoms with Gasteiger partial charge >= 0.3 is 12.1 Å². The van der Waals surface area contributed by atoms with Crippen LogP contribution in [-0.2, 0) is 17.4 Å². The second-order valence-corrected chi connectivity index (χ2v) is 6.29. The Morgan fingerprint density at radius 2 is 1.57 bits per heavy atom. The van der Waals surface area contributed by atoms with E-state index in [0.717, 1.165) is 22.9 Å². The van der Waals surface area contributed by atoms with Gasteiger partial charge in [0.15, 0.2) is 0 Å². The molecule has 1 atom stereocenters. The fraction of sp³-hybridized carbons (Fsp3) is 0.143. The quantitative estimate of drug-likeness (QED) is 0.687. The first-order valence-electron chi connectivity index (χ1n) is 8.43. The summed E-state index contributed by atoms with van der Waals surface area (Å²) in [6.45, 7) is 0. The first kappa shape index (κ1) is 19.4. The maximum absolute atomic E-state index is 13.1. The number of nitrogens with one attached hydrogen (secondary N) is 1. The van der Waals surface area contributed by atoms with Gasteiger partial charge < -0.3 is 10.4 Å². The number of fused-ring (bicyclic) bond motifs is 1. The topological polar surface area (TPSA) is 66.4 Å². The second-order valence-electron chi connectivity index (χ2n) is 6.29. The first-order valence-corrected chi connectivity index (χ1v) is 8.43. The van der Waals surface area contributed by atoms with Crippen molar-refractivity contribution in [2.75, 3.05) is 0 Å². The zero-order valence-corrected chi connectivity index (χ0v) is 14.5. The number of carbonyl (C=O) groups excluding carboxylic acids is 1. The number of aliphatic carboxylic acids is 1. The minimum atomic E-state index is -4.72.